The molecule has 0 heterocycles. The third kappa shape index (κ3) is 6.58. The van der Waals surface area contributed by atoms with Crippen LogP contribution >= 0.6 is 0 Å². The van der Waals surface area contributed by atoms with E-state index in [0.29, 0.717) is 6.42 Å². The van der Waals surface area contributed by atoms with Crippen LogP contribution in [-0.4, -0.2) is 38.0 Å². The molecule has 13 heavy (non-hydrogen) atoms. The highest BCUT2D eigenvalue weighted by atomic mass is 16.2. The third-order valence-electron chi connectivity index (χ3n) is 1.80. The summed E-state index contributed by atoms with van der Waals surface area (Å²) in [5, 5.41) is 3.02. The van der Waals surface area contributed by atoms with E-state index in [1.165, 1.54) is 0 Å². The second kappa shape index (κ2) is 5.22. The van der Waals surface area contributed by atoms with Gasteiger partial charge in [-0.2, -0.15) is 0 Å². The molecule has 0 fully saturated rings. The highest BCUT2D eigenvalue weighted by molar-refractivity contribution is 5.76. The summed E-state index contributed by atoms with van der Waals surface area (Å²) in [6.45, 7) is 7.88. The quantitative estimate of drug-likeness (QED) is 0.713. The van der Waals surface area contributed by atoms with E-state index in [9.17, 15) is 4.79 Å². The molecule has 0 aromatic rings. The Kier molecular flexibility index (Phi) is 4.99. The number of carbonyl (C=O) groups is 1. The zero-order chi connectivity index (χ0) is 10.5. The van der Waals surface area contributed by atoms with E-state index in [1.54, 1.807) is 4.90 Å². The second-order valence-electron chi connectivity index (χ2n) is 4.66. The molecule has 0 atom stereocenters. The molecule has 0 aliphatic carbocycles. The predicted octanol–water partition coefficient (Wildman–Crippen LogP) is 1.10. The smallest absolute Gasteiger partial charge is 0.222 e. The fraction of sp³-hybridized carbons (Fsp3) is 0.900. The van der Waals surface area contributed by atoms with Gasteiger partial charge in [0.2, 0.25) is 5.91 Å². The fourth-order valence-electron chi connectivity index (χ4n) is 0.993. The lowest BCUT2D eigenvalue weighted by molar-refractivity contribution is -0.131. The molecule has 0 aliphatic rings. The van der Waals surface area contributed by atoms with Crippen molar-refractivity contribution in [2.75, 3.05) is 27.2 Å². The average Bonchev–Trinajstić information content (AvgIpc) is 1.96. The lowest BCUT2D eigenvalue weighted by Gasteiger charge is -2.23. The van der Waals surface area contributed by atoms with Crippen LogP contribution < -0.4 is 5.32 Å². The van der Waals surface area contributed by atoms with Crippen molar-refractivity contribution in [3.8, 4) is 0 Å². The maximum atomic E-state index is 11.6. The first kappa shape index (κ1) is 12.4. The summed E-state index contributed by atoms with van der Waals surface area (Å²) in [5.41, 5.74) is 0.0883. The molecule has 78 valence electrons. The van der Waals surface area contributed by atoms with E-state index in [4.69, 9.17) is 0 Å². The van der Waals surface area contributed by atoms with Gasteiger partial charge < -0.3 is 10.2 Å². The number of hydrogen-bond donors (Lipinski definition) is 1. The van der Waals surface area contributed by atoms with E-state index < -0.39 is 0 Å². The van der Waals surface area contributed by atoms with E-state index >= 15 is 0 Å². The van der Waals surface area contributed by atoms with E-state index in [0.717, 1.165) is 13.1 Å². The van der Waals surface area contributed by atoms with Crippen LogP contribution in [0.15, 0.2) is 0 Å². The van der Waals surface area contributed by atoms with Gasteiger partial charge in [0.15, 0.2) is 0 Å². The Hall–Kier alpha value is -0.570. The maximum absolute atomic E-state index is 11.6. The van der Waals surface area contributed by atoms with Crippen molar-refractivity contribution in [1.29, 1.82) is 0 Å². The van der Waals surface area contributed by atoms with E-state index in [-0.39, 0.29) is 11.3 Å². The van der Waals surface area contributed by atoms with Crippen molar-refractivity contribution in [3.05, 3.63) is 0 Å². The number of hydrogen-bond acceptors (Lipinski definition) is 2. The van der Waals surface area contributed by atoms with E-state index in [2.05, 4.69) is 26.1 Å². The average molecular weight is 186 g/mol. The van der Waals surface area contributed by atoms with Gasteiger partial charge in [-0.05, 0) is 12.5 Å². The summed E-state index contributed by atoms with van der Waals surface area (Å²) in [4.78, 5) is 13.3. The Bertz CT molecular complexity index is 161. The molecule has 1 amide bonds. The second-order valence-corrected chi connectivity index (χ2v) is 4.66. The minimum Gasteiger partial charge on any atom is -0.344 e. The SMILES string of the molecule is CNCCN(C)C(=O)CC(C)(C)C. The first-order valence-corrected chi connectivity index (χ1v) is 4.75. The Morgan fingerprint density at radius 1 is 1.38 bits per heavy atom. The zero-order valence-corrected chi connectivity index (χ0v) is 9.48. The maximum Gasteiger partial charge on any atom is 0.222 e. The van der Waals surface area contributed by atoms with Crippen LogP contribution in [0.1, 0.15) is 27.2 Å². The van der Waals surface area contributed by atoms with Crippen molar-refractivity contribution < 1.29 is 4.79 Å². The first-order chi connectivity index (χ1) is 5.87. The minimum atomic E-state index is 0.0883. The molecule has 0 rings (SSSR count). The van der Waals surface area contributed by atoms with Gasteiger partial charge in [0.1, 0.15) is 0 Å². The Balaban J connectivity index is 3.83. The van der Waals surface area contributed by atoms with Crippen molar-refractivity contribution in [1.82, 2.24) is 10.2 Å². The number of amides is 1. The van der Waals surface area contributed by atoms with Crippen LogP contribution in [0.3, 0.4) is 0 Å². The Morgan fingerprint density at radius 2 is 1.92 bits per heavy atom. The van der Waals surface area contributed by atoms with Crippen LogP contribution in [0.4, 0.5) is 0 Å². The summed E-state index contributed by atoms with van der Waals surface area (Å²) in [6, 6.07) is 0. The molecule has 0 aromatic carbocycles. The monoisotopic (exact) mass is 186 g/mol. The van der Waals surface area contributed by atoms with Gasteiger partial charge >= 0.3 is 0 Å². The van der Waals surface area contributed by atoms with Gasteiger partial charge in [0.05, 0.1) is 0 Å². The molecular weight excluding hydrogens is 164 g/mol. The molecule has 0 saturated carbocycles. The number of nitrogens with zero attached hydrogens (tertiary/aromatic N) is 1. The molecule has 0 unspecified atom stereocenters. The summed E-state index contributed by atoms with van der Waals surface area (Å²) in [6.07, 6.45) is 0.618. The Labute approximate surface area is 81.5 Å². The highest BCUT2D eigenvalue weighted by Gasteiger charge is 2.18. The van der Waals surface area contributed by atoms with Gasteiger partial charge in [-0.3, -0.25) is 4.79 Å². The first-order valence-electron chi connectivity index (χ1n) is 4.75. The normalized spacial score (nSPS) is 11.5. The van der Waals surface area contributed by atoms with Crippen molar-refractivity contribution >= 4 is 5.91 Å². The van der Waals surface area contributed by atoms with Crippen LogP contribution in [0, 0.1) is 5.41 Å². The van der Waals surface area contributed by atoms with Gasteiger partial charge in [0.25, 0.3) is 0 Å². The number of nitrogens with one attached hydrogen (secondary N) is 1. The zero-order valence-electron chi connectivity index (χ0n) is 9.48. The summed E-state index contributed by atoms with van der Waals surface area (Å²) >= 11 is 0. The van der Waals surface area contributed by atoms with Crippen LogP contribution in [-0.2, 0) is 4.79 Å². The molecule has 0 bridgehead atoms. The Morgan fingerprint density at radius 3 is 2.31 bits per heavy atom. The molecule has 0 saturated heterocycles. The fourth-order valence-corrected chi connectivity index (χ4v) is 0.993. The number of rotatable bonds is 4. The summed E-state index contributed by atoms with van der Waals surface area (Å²) in [5.74, 6) is 0.225. The minimum absolute atomic E-state index is 0.0883. The molecule has 0 spiro atoms. The van der Waals surface area contributed by atoms with Crippen molar-refractivity contribution in [2.24, 2.45) is 5.41 Å². The van der Waals surface area contributed by atoms with Crippen LogP contribution in [0.2, 0.25) is 0 Å². The van der Waals surface area contributed by atoms with Gasteiger partial charge in [0, 0.05) is 26.6 Å². The molecule has 0 radical (unpaired) electrons. The lowest BCUT2D eigenvalue weighted by atomic mass is 9.92. The molecule has 3 nitrogen and oxygen atoms in total. The molecule has 0 aliphatic heterocycles. The summed E-state index contributed by atoms with van der Waals surface area (Å²) in [7, 11) is 3.74. The van der Waals surface area contributed by atoms with Crippen LogP contribution in [0.25, 0.3) is 0 Å². The topological polar surface area (TPSA) is 32.3 Å². The molecule has 3 heteroatoms. The van der Waals surface area contributed by atoms with Crippen molar-refractivity contribution in [3.63, 3.8) is 0 Å². The standard InChI is InChI=1S/C10H22N2O/c1-10(2,3)8-9(13)12(5)7-6-11-4/h11H,6-8H2,1-5H3. The van der Waals surface area contributed by atoms with Crippen molar-refractivity contribution in [2.45, 2.75) is 27.2 Å². The van der Waals surface area contributed by atoms with Gasteiger partial charge in [-0.15, -0.1) is 0 Å². The number of likely N-dealkylation sites (N-methyl/N-ethyl adjacent to an activating group) is 2. The molecular formula is C10H22N2O. The van der Waals surface area contributed by atoms with Gasteiger partial charge in [-0.25, -0.2) is 0 Å². The molecule has 0 aromatic heterocycles. The van der Waals surface area contributed by atoms with Crippen LogP contribution in [0.5, 0.6) is 0 Å². The number of carbonyl (C=O) groups excluding carboxylic acids is 1. The predicted molar refractivity (Wildman–Crippen MR) is 55.6 cm³/mol. The molecule has 1 N–H and O–H groups in total. The highest BCUT2D eigenvalue weighted by Crippen LogP contribution is 2.19. The van der Waals surface area contributed by atoms with Gasteiger partial charge in [-0.1, -0.05) is 20.8 Å². The summed E-state index contributed by atoms with van der Waals surface area (Å²) < 4.78 is 0. The van der Waals surface area contributed by atoms with E-state index in [1.807, 2.05) is 14.1 Å². The lowest BCUT2D eigenvalue weighted by Crippen LogP contribution is -2.34. The largest absolute Gasteiger partial charge is 0.344 e. The third-order valence-corrected chi connectivity index (χ3v) is 1.80.